The van der Waals surface area contributed by atoms with Crippen LogP contribution >= 0.6 is 0 Å². The maximum Gasteiger partial charge on any atom is 0.0310 e. The topological polar surface area (TPSA) is 3.24 Å². The van der Waals surface area contributed by atoms with Gasteiger partial charge < -0.3 is 4.90 Å². The molecule has 2 fully saturated rings. The first-order valence-electron chi connectivity index (χ1n) is 4.87. The molecule has 63 valence electrons. The van der Waals surface area contributed by atoms with E-state index in [1.54, 1.807) is 0 Å². The molecule has 0 aromatic heterocycles. The highest BCUT2D eigenvalue weighted by Gasteiger charge is 2.37. The molecule has 11 heavy (non-hydrogen) atoms. The maximum atomic E-state index is 2.49. The van der Waals surface area contributed by atoms with E-state index in [2.05, 4.69) is 18.5 Å². The van der Waals surface area contributed by atoms with Gasteiger partial charge in [0.05, 0.1) is 0 Å². The van der Waals surface area contributed by atoms with Crippen LogP contribution in [0.15, 0.2) is 0 Å². The Balaban J connectivity index is 1.98. The third kappa shape index (κ3) is 1.44. The smallest absolute Gasteiger partial charge is 0.0310 e. The minimum Gasteiger partial charge on any atom is -0.301 e. The van der Waals surface area contributed by atoms with Gasteiger partial charge in [-0.05, 0) is 38.3 Å². The Bertz CT molecular complexity index is 130. The third-order valence-corrected chi connectivity index (χ3v) is 3.31. The molecule has 0 bridgehead atoms. The van der Waals surface area contributed by atoms with Crippen molar-refractivity contribution < 1.29 is 0 Å². The lowest BCUT2D eigenvalue weighted by Crippen LogP contribution is -2.22. The molecule has 0 unspecified atom stereocenters. The van der Waals surface area contributed by atoms with Crippen molar-refractivity contribution in [2.75, 3.05) is 13.6 Å². The van der Waals surface area contributed by atoms with Crippen LogP contribution in [0.2, 0.25) is 0 Å². The summed E-state index contributed by atoms with van der Waals surface area (Å²) in [5.41, 5.74) is 0.646. The summed E-state index contributed by atoms with van der Waals surface area (Å²) in [6, 6.07) is 0. The quantitative estimate of drug-likeness (QED) is 0.515. The molecule has 2 rings (SSSR count). The van der Waals surface area contributed by atoms with Crippen LogP contribution in [0.5, 0.6) is 0 Å². The number of hydrogen-bond acceptors (Lipinski definition) is 1. The average Bonchev–Trinajstić information content (AvgIpc) is 2.34. The first kappa shape index (κ1) is 7.60. The molecule has 1 saturated carbocycles. The largest absolute Gasteiger partial charge is 0.301 e. The molecule has 1 heteroatoms. The van der Waals surface area contributed by atoms with Gasteiger partial charge in [-0.2, -0.15) is 0 Å². The van der Waals surface area contributed by atoms with E-state index in [0.29, 0.717) is 5.41 Å². The molecule has 1 heterocycles. The predicted octanol–water partition coefficient (Wildman–Crippen LogP) is 2.43. The van der Waals surface area contributed by atoms with Gasteiger partial charge >= 0.3 is 0 Å². The van der Waals surface area contributed by atoms with Gasteiger partial charge in [-0.3, -0.25) is 0 Å². The van der Waals surface area contributed by atoms with Crippen LogP contribution in [0.4, 0.5) is 0 Å². The summed E-state index contributed by atoms with van der Waals surface area (Å²) in [6.45, 7) is 3.78. The summed E-state index contributed by atoms with van der Waals surface area (Å²) >= 11 is 0. The van der Waals surface area contributed by atoms with Crippen molar-refractivity contribution >= 4 is 0 Å². The van der Waals surface area contributed by atoms with E-state index in [9.17, 15) is 0 Å². The van der Waals surface area contributed by atoms with E-state index in [1.165, 1.54) is 45.1 Å². The summed E-state index contributed by atoms with van der Waals surface area (Å²) in [5.74, 6) is 0. The molecule has 0 atom stereocenters. The van der Waals surface area contributed by atoms with E-state index in [4.69, 9.17) is 0 Å². The Labute approximate surface area is 69.8 Å². The molecule has 1 radical (unpaired) electrons. The lowest BCUT2D eigenvalue weighted by atomic mass is 9.74. The Kier molecular flexibility index (Phi) is 1.92. The normalized spacial score (nSPS) is 31.4. The summed E-state index contributed by atoms with van der Waals surface area (Å²) in [6.07, 6.45) is 8.73. The molecular formula is C10H18N. The fraction of sp³-hybridized carbons (Fsp3) is 0.900. The van der Waals surface area contributed by atoms with Crippen molar-refractivity contribution in [1.29, 1.82) is 0 Å². The van der Waals surface area contributed by atoms with Gasteiger partial charge in [-0.1, -0.05) is 19.3 Å². The first-order chi connectivity index (χ1) is 5.31. The van der Waals surface area contributed by atoms with Crippen molar-refractivity contribution in [1.82, 2.24) is 4.90 Å². The van der Waals surface area contributed by atoms with Crippen LogP contribution < -0.4 is 0 Å². The van der Waals surface area contributed by atoms with E-state index in [0.717, 1.165) is 0 Å². The highest BCUT2D eigenvalue weighted by Crippen LogP contribution is 2.45. The van der Waals surface area contributed by atoms with Gasteiger partial charge in [0.2, 0.25) is 0 Å². The summed E-state index contributed by atoms with van der Waals surface area (Å²) < 4.78 is 0. The number of hydrogen-bond donors (Lipinski definition) is 0. The van der Waals surface area contributed by atoms with E-state index in [-0.39, 0.29) is 0 Å². The molecule has 0 N–H and O–H groups in total. The Morgan fingerprint density at radius 2 is 1.82 bits per heavy atom. The minimum atomic E-state index is 0.646. The van der Waals surface area contributed by atoms with Crippen molar-refractivity contribution in [3.63, 3.8) is 0 Å². The SMILES string of the molecule is CN1[CH]C2(CCCCC2)CC1. The average molecular weight is 152 g/mol. The zero-order chi connectivity index (χ0) is 7.73. The fourth-order valence-corrected chi connectivity index (χ4v) is 2.63. The van der Waals surface area contributed by atoms with Gasteiger partial charge in [0.15, 0.2) is 0 Å². The van der Waals surface area contributed by atoms with Crippen LogP contribution in [0.25, 0.3) is 0 Å². The lowest BCUT2D eigenvalue weighted by molar-refractivity contribution is 0.237. The monoisotopic (exact) mass is 152 g/mol. The molecule has 1 spiro atoms. The van der Waals surface area contributed by atoms with Gasteiger partial charge in [0.1, 0.15) is 0 Å². The van der Waals surface area contributed by atoms with Crippen LogP contribution in [0.1, 0.15) is 38.5 Å². The fourth-order valence-electron chi connectivity index (χ4n) is 2.63. The van der Waals surface area contributed by atoms with Crippen molar-refractivity contribution in [3.8, 4) is 0 Å². The third-order valence-electron chi connectivity index (χ3n) is 3.31. The predicted molar refractivity (Wildman–Crippen MR) is 47.1 cm³/mol. The van der Waals surface area contributed by atoms with Gasteiger partial charge in [-0.25, -0.2) is 0 Å². The molecule has 0 amide bonds. The number of rotatable bonds is 0. The molecule has 0 aromatic carbocycles. The number of likely N-dealkylation sites (tertiary alicyclic amines) is 1. The van der Waals surface area contributed by atoms with E-state index in [1.807, 2.05) is 0 Å². The minimum absolute atomic E-state index is 0.646. The summed E-state index contributed by atoms with van der Waals surface area (Å²) in [7, 11) is 2.21. The highest BCUT2D eigenvalue weighted by molar-refractivity contribution is 4.98. The molecule has 1 saturated heterocycles. The molecule has 0 aromatic rings. The van der Waals surface area contributed by atoms with Crippen molar-refractivity contribution in [2.45, 2.75) is 38.5 Å². The second-order valence-electron chi connectivity index (χ2n) is 4.28. The summed E-state index contributed by atoms with van der Waals surface area (Å²) in [5, 5.41) is 0. The second kappa shape index (κ2) is 2.78. The van der Waals surface area contributed by atoms with Crippen LogP contribution in [0.3, 0.4) is 0 Å². The second-order valence-corrected chi connectivity index (χ2v) is 4.28. The maximum absolute atomic E-state index is 2.49. The first-order valence-corrected chi connectivity index (χ1v) is 4.87. The molecule has 1 aliphatic heterocycles. The molecule has 1 nitrogen and oxygen atoms in total. The summed E-state index contributed by atoms with van der Waals surface area (Å²) in [4.78, 5) is 2.38. The van der Waals surface area contributed by atoms with Crippen LogP contribution in [-0.2, 0) is 0 Å². The van der Waals surface area contributed by atoms with Crippen molar-refractivity contribution in [2.24, 2.45) is 5.41 Å². The zero-order valence-electron chi connectivity index (χ0n) is 7.47. The zero-order valence-corrected chi connectivity index (χ0v) is 7.47. The van der Waals surface area contributed by atoms with E-state index < -0.39 is 0 Å². The lowest BCUT2D eigenvalue weighted by Gasteiger charge is -2.32. The van der Waals surface area contributed by atoms with Gasteiger partial charge in [-0.15, -0.1) is 0 Å². The standard InChI is InChI=1S/C10H18N/c1-11-8-7-10(9-11)5-3-2-4-6-10/h9H,2-8H2,1H3. The van der Waals surface area contributed by atoms with Crippen LogP contribution in [-0.4, -0.2) is 18.5 Å². The Hall–Kier alpha value is -0.0400. The Morgan fingerprint density at radius 3 is 2.36 bits per heavy atom. The number of nitrogens with zero attached hydrogens (tertiary/aromatic N) is 1. The van der Waals surface area contributed by atoms with Gasteiger partial charge in [0.25, 0.3) is 0 Å². The highest BCUT2D eigenvalue weighted by atomic mass is 15.1. The van der Waals surface area contributed by atoms with Crippen molar-refractivity contribution in [3.05, 3.63) is 6.54 Å². The van der Waals surface area contributed by atoms with Gasteiger partial charge in [0, 0.05) is 6.54 Å². The Morgan fingerprint density at radius 1 is 1.09 bits per heavy atom. The van der Waals surface area contributed by atoms with Crippen LogP contribution in [0, 0.1) is 12.0 Å². The molecular weight excluding hydrogens is 134 g/mol. The molecule has 2 aliphatic rings. The van der Waals surface area contributed by atoms with E-state index >= 15 is 0 Å². The molecule has 1 aliphatic carbocycles.